The molecule has 1 heterocycles. The van der Waals surface area contributed by atoms with E-state index in [1.165, 1.54) is 0 Å². The highest BCUT2D eigenvalue weighted by Crippen LogP contribution is 2.16. The number of ether oxygens (including phenoxy) is 1. The first-order chi connectivity index (χ1) is 6.53. The molecule has 0 bridgehead atoms. The summed E-state index contributed by atoms with van der Waals surface area (Å²) >= 11 is 0. The predicted octanol–water partition coefficient (Wildman–Crippen LogP) is 0.688. The Morgan fingerprint density at radius 3 is 2.73 bits per heavy atom. The molecule has 1 unspecified atom stereocenters. The summed E-state index contributed by atoms with van der Waals surface area (Å²) < 4.78 is 5.21. The van der Waals surface area contributed by atoms with Gasteiger partial charge in [-0.3, -0.25) is 4.79 Å². The second-order valence-corrected chi connectivity index (χ2v) is 4.57. The maximum Gasteiger partial charge on any atom is 0.220 e. The normalized spacial score (nSPS) is 20.9. The Morgan fingerprint density at radius 1 is 1.60 bits per heavy atom. The smallest absolute Gasteiger partial charge is 0.220 e. The standard InChI is InChI=1S/C10H20N2O2.ClH/c1-10(2,7-11)12-9(13)5-8-3-4-14-6-8;/h8H,3-7,11H2,1-2H3,(H,12,13);1H. The van der Waals surface area contributed by atoms with Gasteiger partial charge in [0.1, 0.15) is 0 Å². The van der Waals surface area contributed by atoms with Gasteiger partial charge in [0.05, 0.1) is 0 Å². The number of carbonyl (C=O) groups excluding carboxylic acids is 1. The van der Waals surface area contributed by atoms with E-state index in [2.05, 4.69) is 5.32 Å². The minimum atomic E-state index is -0.295. The Bertz CT molecular complexity index is 204. The SMILES string of the molecule is CC(C)(CN)NC(=O)CC1CCOC1.Cl. The highest BCUT2D eigenvalue weighted by Gasteiger charge is 2.23. The summed E-state index contributed by atoms with van der Waals surface area (Å²) in [5.41, 5.74) is 5.23. The van der Waals surface area contributed by atoms with Crippen molar-refractivity contribution in [2.45, 2.75) is 32.2 Å². The van der Waals surface area contributed by atoms with Crippen molar-refractivity contribution in [1.82, 2.24) is 5.32 Å². The molecule has 0 radical (unpaired) electrons. The van der Waals surface area contributed by atoms with Crippen LogP contribution in [0.1, 0.15) is 26.7 Å². The van der Waals surface area contributed by atoms with Crippen molar-refractivity contribution in [3.63, 3.8) is 0 Å². The van der Waals surface area contributed by atoms with Crippen molar-refractivity contribution in [2.75, 3.05) is 19.8 Å². The molecule has 0 spiro atoms. The molecular formula is C10H21ClN2O2. The van der Waals surface area contributed by atoms with Crippen LogP contribution in [0.25, 0.3) is 0 Å². The second-order valence-electron chi connectivity index (χ2n) is 4.57. The van der Waals surface area contributed by atoms with Crippen LogP contribution in [-0.2, 0) is 9.53 Å². The van der Waals surface area contributed by atoms with Gasteiger partial charge >= 0.3 is 0 Å². The van der Waals surface area contributed by atoms with Crippen LogP contribution in [0.15, 0.2) is 0 Å². The number of hydrogen-bond acceptors (Lipinski definition) is 3. The fraction of sp³-hybridized carbons (Fsp3) is 0.900. The molecule has 5 heteroatoms. The van der Waals surface area contributed by atoms with E-state index in [4.69, 9.17) is 10.5 Å². The monoisotopic (exact) mass is 236 g/mol. The van der Waals surface area contributed by atoms with Gasteiger partial charge in [-0.25, -0.2) is 0 Å². The predicted molar refractivity (Wildman–Crippen MR) is 62.1 cm³/mol. The van der Waals surface area contributed by atoms with Gasteiger partial charge < -0.3 is 15.8 Å². The summed E-state index contributed by atoms with van der Waals surface area (Å²) in [6.07, 6.45) is 1.56. The lowest BCUT2D eigenvalue weighted by molar-refractivity contribution is -0.123. The van der Waals surface area contributed by atoms with E-state index in [9.17, 15) is 4.79 Å². The van der Waals surface area contributed by atoms with Crippen LogP contribution in [0.3, 0.4) is 0 Å². The van der Waals surface area contributed by atoms with Crippen LogP contribution in [0.4, 0.5) is 0 Å². The van der Waals surface area contributed by atoms with Gasteiger partial charge in [0.2, 0.25) is 5.91 Å². The lowest BCUT2D eigenvalue weighted by Crippen LogP contribution is -2.49. The van der Waals surface area contributed by atoms with Gasteiger partial charge in [-0.2, -0.15) is 0 Å². The number of rotatable bonds is 4. The summed E-state index contributed by atoms with van der Waals surface area (Å²) in [7, 11) is 0. The zero-order chi connectivity index (χ0) is 10.6. The van der Waals surface area contributed by atoms with Crippen LogP contribution in [-0.4, -0.2) is 31.2 Å². The van der Waals surface area contributed by atoms with Crippen LogP contribution >= 0.6 is 12.4 Å². The molecule has 1 aliphatic rings. The van der Waals surface area contributed by atoms with E-state index in [0.717, 1.165) is 19.6 Å². The minimum Gasteiger partial charge on any atom is -0.381 e. The Kier molecular flexibility index (Phi) is 6.17. The third-order valence-electron chi connectivity index (χ3n) is 2.49. The van der Waals surface area contributed by atoms with E-state index >= 15 is 0 Å². The number of nitrogens with one attached hydrogen (secondary N) is 1. The number of halogens is 1. The molecule has 0 aromatic heterocycles. The van der Waals surface area contributed by atoms with E-state index < -0.39 is 0 Å². The molecule has 1 amide bonds. The molecule has 0 aliphatic carbocycles. The van der Waals surface area contributed by atoms with E-state index in [1.54, 1.807) is 0 Å². The van der Waals surface area contributed by atoms with Crippen molar-refractivity contribution < 1.29 is 9.53 Å². The van der Waals surface area contributed by atoms with E-state index in [1.807, 2.05) is 13.8 Å². The molecule has 1 saturated heterocycles. The Labute approximate surface area is 97.3 Å². The lowest BCUT2D eigenvalue weighted by atomic mass is 10.0. The van der Waals surface area contributed by atoms with Crippen LogP contribution in [0.5, 0.6) is 0 Å². The van der Waals surface area contributed by atoms with E-state index in [-0.39, 0.29) is 23.9 Å². The van der Waals surface area contributed by atoms with Gasteiger partial charge in [0.25, 0.3) is 0 Å². The van der Waals surface area contributed by atoms with Crippen LogP contribution in [0, 0.1) is 5.92 Å². The van der Waals surface area contributed by atoms with Gasteiger partial charge in [-0.05, 0) is 26.2 Å². The summed E-state index contributed by atoms with van der Waals surface area (Å²) in [4.78, 5) is 11.6. The molecule has 1 atom stereocenters. The minimum absolute atomic E-state index is 0. The molecule has 0 aromatic rings. The highest BCUT2D eigenvalue weighted by atomic mass is 35.5. The van der Waals surface area contributed by atoms with Crippen molar-refractivity contribution in [2.24, 2.45) is 11.7 Å². The molecule has 0 saturated carbocycles. The van der Waals surface area contributed by atoms with Crippen LogP contribution in [0.2, 0.25) is 0 Å². The molecule has 0 aromatic carbocycles. The van der Waals surface area contributed by atoms with Crippen LogP contribution < -0.4 is 11.1 Å². The fourth-order valence-electron chi connectivity index (χ4n) is 1.49. The van der Waals surface area contributed by atoms with Crippen molar-refractivity contribution in [1.29, 1.82) is 0 Å². The Morgan fingerprint density at radius 2 is 2.27 bits per heavy atom. The molecule has 1 fully saturated rings. The summed E-state index contributed by atoms with van der Waals surface area (Å²) in [6, 6.07) is 0. The first kappa shape index (κ1) is 14.7. The molecule has 4 nitrogen and oxygen atoms in total. The van der Waals surface area contributed by atoms with Gasteiger partial charge in [0, 0.05) is 31.7 Å². The lowest BCUT2D eigenvalue weighted by Gasteiger charge is -2.24. The molecule has 15 heavy (non-hydrogen) atoms. The molecular weight excluding hydrogens is 216 g/mol. The summed E-state index contributed by atoms with van der Waals surface area (Å²) in [5.74, 6) is 0.472. The number of carbonyl (C=O) groups is 1. The van der Waals surface area contributed by atoms with Crippen molar-refractivity contribution >= 4 is 18.3 Å². The maximum absolute atomic E-state index is 11.6. The topological polar surface area (TPSA) is 64.3 Å². The Hall–Kier alpha value is -0.320. The van der Waals surface area contributed by atoms with Crippen molar-refractivity contribution in [3.05, 3.63) is 0 Å². The quantitative estimate of drug-likeness (QED) is 0.755. The first-order valence-electron chi connectivity index (χ1n) is 5.12. The zero-order valence-corrected chi connectivity index (χ0v) is 10.2. The highest BCUT2D eigenvalue weighted by molar-refractivity contribution is 5.85. The number of hydrogen-bond donors (Lipinski definition) is 2. The second kappa shape index (κ2) is 6.30. The van der Waals surface area contributed by atoms with Crippen molar-refractivity contribution in [3.8, 4) is 0 Å². The zero-order valence-electron chi connectivity index (χ0n) is 9.41. The molecule has 1 rings (SSSR count). The fourth-order valence-corrected chi connectivity index (χ4v) is 1.49. The van der Waals surface area contributed by atoms with E-state index in [0.29, 0.717) is 18.9 Å². The summed E-state index contributed by atoms with van der Waals surface area (Å²) in [5, 5.41) is 2.91. The third-order valence-corrected chi connectivity index (χ3v) is 2.49. The maximum atomic E-state index is 11.6. The Balaban J connectivity index is 0.00000196. The largest absolute Gasteiger partial charge is 0.381 e. The molecule has 90 valence electrons. The molecule has 1 aliphatic heterocycles. The number of nitrogens with two attached hydrogens (primary N) is 1. The van der Waals surface area contributed by atoms with Gasteiger partial charge in [-0.15, -0.1) is 12.4 Å². The third kappa shape index (κ3) is 5.35. The van der Waals surface area contributed by atoms with Gasteiger partial charge in [0.15, 0.2) is 0 Å². The summed E-state index contributed by atoms with van der Waals surface area (Å²) in [6.45, 7) is 5.82. The number of amides is 1. The molecule has 3 N–H and O–H groups in total. The average molecular weight is 237 g/mol. The van der Waals surface area contributed by atoms with Gasteiger partial charge in [-0.1, -0.05) is 0 Å². The first-order valence-corrected chi connectivity index (χ1v) is 5.12. The average Bonchev–Trinajstić information content (AvgIpc) is 2.55.